The lowest BCUT2D eigenvalue weighted by atomic mass is 9.84. The van der Waals surface area contributed by atoms with E-state index >= 15 is 4.79 Å². The molecule has 1 saturated heterocycles. The van der Waals surface area contributed by atoms with Gasteiger partial charge in [-0.3, -0.25) is 24.0 Å². The lowest BCUT2D eigenvalue weighted by Crippen LogP contribution is -2.67. The van der Waals surface area contributed by atoms with Crippen molar-refractivity contribution in [1.82, 2.24) is 24.8 Å². The Morgan fingerprint density at radius 1 is 1.14 bits per heavy atom. The molecule has 15 nitrogen and oxygen atoms in total. The van der Waals surface area contributed by atoms with Gasteiger partial charge in [-0.1, -0.05) is 19.1 Å². The van der Waals surface area contributed by atoms with Crippen molar-refractivity contribution in [2.24, 2.45) is 17.8 Å². The maximum Gasteiger partial charge on any atom is 0.411 e. The van der Waals surface area contributed by atoms with Crippen LogP contribution in [0.3, 0.4) is 0 Å². The molecule has 2 aromatic rings. The van der Waals surface area contributed by atoms with E-state index in [4.69, 9.17) is 14.2 Å². The highest BCUT2D eigenvalue weighted by molar-refractivity contribution is 7.91. The molecule has 0 spiro atoms. The van der Waals surface area contributed by atoms with Gasteiger partial charge in [0.1, 0.15) is 35.0 Å². The van der Waals surface area contributed by atoms with E-state index in [9.17, 15) is 41.1 Å². The number of rotatable bonds is 10. The Bertz CT molecular complexity index is 2110. The van der Waals surface area contributed by atoms with E-state index < -0.39 is 85.9 Å². The number of methoxy groups -OCH3 is 2. The van der Waals surface area contributed by atoms with Crippen molar-refractivity contribution in [3.8, 4) is 11.6 Å². The molecule has 4 aliphatic rings. The van der Waals surface area contributed by atoms with Crippen LogP contribution in [0.15, 0.2) is 42.6 Å². The highest BCUT2D eigenvalue weighted by Gasteiger charge is 2.64. The van der Waals surface area contributed by atoms with Gasteiger partial charge in [0, 0.05) is 36.9 Å². The second kappa shape index (κ2) is 16.1. The minimum Gasteiger partial charge on any atom is -0.497 e. The van der Waals surface area contributed by atoms with Crippen molar-refractivity contribution >= 4 is 44.6 Å². The largest absolute Gasteiger partial charge is 0.497 e. The molecule has 7 atom stereocenters. The molecule has 324 valence electrons. The average Bonchev–Trinajstić information content (AvgIpc) is 4.04. The van der Waals surface area contributed by atoms with Crippen LogP contribution in [0.5, 0.6) is 11.6 Å². The van der Waals surface area contributed by atoms with Gasteiger partial charge in [-0.25, -0.2) is 18.2 Å². The molecule has 0 unspecified atom stereocenters. The van der Waals surface area contributed by atoms with E-state index in [1.54, 1.807) is 36.4 Å². The van der Waals surface area contributed by atoms with Gasteiger partial charge in [0.05, 0.1) is 25.0 Å². The Morgan fingerprint density at radius 3 is 2.47 bits per heavy atom. The average molecular weight is 852 g/mol. The van der Waals surface area contributed by atoms with Crippen LogP contribution in [0.4, 0.5) is 18.0 Å². The smallest absolute Gasteiger partial charge is 0.411 e. The minimum atomic E-state index is -5.13. The second-order valence-electron chi connectivity index (χ2n) is 17.1. The summed E-state index contributed by atoms with van der Waals surface area (Å²) in [4.78, 5) is 62.3. The summed E-state index contributed by atoms with van der Waals surface area (Å²) < 4.78 is 89.1. The normalized spacial score (nSPS) is 28.7. The van der Waals surface area contributed by atoms with Crippen LogP contribution in [0, 0.1) is 17.8 Å². The number of halogens is 3. The molecular weight excluding hydrogens is 800 g/mol. The quantitative estimate of drug-likeness (QED) is 0.278. The number of allylic oxidation sites excluding steroid dienone is 1. The fourth-order valence-electron chi connectivity index (χ4n) is 8.26. The number of alkyl halides is 3. The van der Waals surface area contributed by atoms with Crippen LogP contribution in [-0.2, 0) is 29.1 Å². The fourth-order valence-corrected chi connectivity index (χ4v) is 9.57. The number of sulfonamides is 1. The van der Waals surface area contributed by atoms with Crippen molar-refractivity contribution in [2.45, 2.75) is 113 Å². The zero-order chi connectivity index (χ0) is 43.3. The third-order valence-corrected chi connectivity index (χ3v) is 14.6. The van der Waals surface area contributed by atoms with E-state index in [1.165, 1.54) is 27.3 Å². The first-order valence-corrected chi connectivity index (χ1v) is 21.1. The van der Waals surface area contributed by atoms with E-state index in [1.807, 2.05) is 6.92 Å². The lowest BCUT2D eigenvalue weighted by Gasteiger charge is -2.46. The number of pyridine rings is 1. The van der Waals surface area contributed by atoms with Crippen molar-refractivity contribution in [3.63, 3.8) is 0 Å². The number of fused-ring (bicyclic) bond motifs is 3. The number of carboxylic acid groups (broad SMARTS) is 1. The predicted octanol–water partition coefficient (Wildman–Crippen LogP) is 4.79. The number of nitrogens with one attached hydrogen (secondary N) is 2. The van der Waals surface area contributed by atoms with Crippen molar-refractivity contribution in [1.29, 1.82) is 0 Å². The molecule has 1 aromatic carbocycles. The van der Waals surface area contributed by atoms with Gasteiger partial charge in [0.25, 0.3) is 5.91 Å². The molecule has 2 saturated carbocycles. The third kappa shape index (κ3) is 8.54. The summed E-state index contributed by atoms with van der Waals surface area (Å²) in [6.45, 7) is 4.02. The predicted molar refractivity (Wildman–Crippen MR) is 208 cm³/mol. The summed E-state index contributed by atoms with van der Waals surface area (Å²) in [5.74, 6) is -4.24. The summed E-state index contributed by atoms with van der Waals surface area (Å²) in [6, 6.07) is 3.36. The molecule has 4 amide bonds. The summed E-state index contributed by atoms with van der Waals surface area (Å²) in [6.07, 6.45) is -1.67. The Labute approximate surface area is 341 Å². The summed E-state index contributed by atoms with van der Waals surface area (Å²) in [7, 11) is -1.32. The van der Waals surface area contributed by atoms with Crippen LogP contribution in [-0.4, -0.2) is 120 Å². The summed E-state index contributed by atoms with van der Waals surface area (Å²) in [5.41, 5.74) is -4.82. The van der Waals surface area contributed by atoms with Crippen LogP contribution in [0.2, 0.25) is 0 Å². The molecule has 6 rings (SSSR count). The maximum atomic E-state index is 15.2. The molecule has 59 heavy (non-hydrogen) atoms. The number of hydrogen-bond donors (Lipinski definition) is 3. The van der Waals surface area contributed by atoms with Gasteiger partial charge in [-0.2, -0.15) is 13.2 Å². The van der Waals surface area contributed by atoms with Crippen molar-refractivity contribution in [2.75, 3.05) is 27.4 Å². The van der Waals surface area contributed by atoms with E-state index in [2.05, 4.69) is 15.0 Å². The lowest BCUT2D eigenvalue weighted by molar-refractivity contribution is -0.223. The Hall–Kier alpha value is -4.65. The second-order valence-corrected chi connectivity index (χ2v) is 19.3. The Balaban J connectivity index is 1.45. The fraction of sp³-hybridized carbons (Fsp3) is 0.625. The summed E-state index contributed by atoms with van der Waals surface area (Å²) >= 11 is 0. The van der Waals surface area contributed by atoms with Gasteiger partial charge >= 0.3 is 12.3 Å². The minimum absolute atomic E-state index is 0.0396. The molecule has 19 heteroatoms. The van der Waals surface area contributed by atoms with Crippen LogP contribution in [0.1, 0.15) is 72.6 Å². The van der Waals surface area contributed by atoms with Crippen LogP contribution >= 0.6 is 0 Å². The molecule has 3 fully saturated rings. The molecule has 3 heterocycles. The third-order valence-electron chi connectivity index (χ3n) is 12.4. The van der Waals surface area contributed by atoms with Gasteiger partial charge in [0.15, 0.2) is 0 Å². The van der Waals surface area contributed by atoms with Crippen molar-refractivity contribution < 1.29 is 60.1 Å². The number of aromatic nitrogens is 1. The molecule has 0 bridgehead atoms. The molecular formula is C40H52F3N5O10S. The number of ether oxygens (including phenoxy) is 3. The monoisotopic (exact) mass is 851 g/mol. The van der Waals surface area contributed by atoms with Crippen LogP contribution < -0.4 is 19.5 Å². The maximum absolute atomic E-state index is 15.2. The number of carbonyl (C=O) groups excluding carboxylic acids is 3. The standard InChI is InChI=1S/C40H52F3N5O10S/c1-23-9-7-8-10-26-20-39(26,35(51)46-59(54,55)38(4)14-15-38)45-32(49)30-19-28(58-33-29-12-11-27(57-6)18-24(29)13-16-44-33)21-47(30)34(50)31(25(17-23)22-56-5)48(36(52)53)37(2,3)40(41,42)43/h8,10-13,16,18,23,25-26,28,30-31H,7,9,14-15,17,19-22H2,1-6H3,(H,45,49)(H,46,51)(H,52,53)/t23-,25+,26-,28-,30+,31+,39-/m1/s1. The first-order valence-electron chi connectivity index (χ1n) is 19.6. The highest BCUT2D eigenvalue weighted by atomic mass is 32.2. The Morgan fingerprint density at radius 2 is 1.85 bits per heavy atom. The number of nitrogens with zero attached hydrogens (tertiary/aromatic N) is 3. The zero-order valence-electron chi connectivity index (χ0n) is 33.9. The number of amides is 4. The number of hydrogen-bond acceptors (Lipinski definition) is 10. The SMILES string of the molecule is COC[C@@H]1C[C@H](C)CCC=C[C@@H]2C[C@@]2(C(=O)NS(=O)(=O)C2(C)CC2)NC(=O)[C@@H]2C[C@@H](Oc3nccc4cc(OC)ccc34)CN2C(=O)[C@H]1N(C(=O)O)C(C)(C)C(F)(F)F. The highest BCUT2D eigenvalue weighted by Crippen LogP contribution is 2.48. The Kier molecular flexibility index (Phi) is 12.0. The first kappa shape index (κ1) is 43.9. The van der Waals surface area contributed by atoms with Crippen molar-refractivity contribution in [3.05, 3.63) is 42.6 Å². The molecule has 2 aliphatic carbocycles. The van der Waals surface area contributed by atoms with Gasteiger partial charge in [-0.15, -0.1) is 0 Å². The molecule has 0 radical (unpaired) electrons. The van der Waals surface area contributed by atoms with Gasteiger partial charge < -0.3 is 29.5 Å². The van der Waals surface area contributed by atoms with E-state index in [0.29, 0.717) is 56.1 Å². The first-order chi connectivity index (χ1) is 27.6. The van der Waals surface area contributed by atoms with E-state index in [-0.39, 0.29) is 49.1 Å². The zero-order valence-corrected chi connectivity index (χ0v) is 34.7. The van der Waals surface area contributed by atoms with Gasteiger partial charge in [0.2, 0.25) is 27.7 Å². The molecule has 3 N–H and O–H groups in total. The summed E-state index contributed by atoms with van der Waals surface area (Å²) in [5, 5.41) is 14.5. The van der Waals surface area contributed by atoms with Crippen LogP contribution in [0.25, 0.3) is 10.8 Å². The van der Waals surface area contributed by atoms with Gasteiger partial charge in [-0.05, 0) is 94.9 Å². The molecule has 2 aliphatic heterocycles. The topological polar surface area (TPSA) is 194 Å². The number of carbonyl (C=O) groups is 4. The molecule has 1 aromatic heterocycles. The van der Waals surface area contributed by atoms with E-state index in [0.717, 1.165) is 4.90 Å². The number of benzene rings is 1.